The van der Waals surface area contributed by atoms with Crippen molar-refractivity contribution < 1.29 is 9.63 Å². The second kappa shape index (κ2) is 3.82. The Morgan fingerprint density at radius 3 is 3.00 bits per heavy atom. The molecule has 0 atom stereocenters. The zero-order valence-corrected chi connectivity index (χ0v) is 8.73. The number of anilines is 1. The zero-order chi connectivity index (χ0) is 10.8. The van der Waals surface area contributed by atoms with Crippen LogP contribution in [-0.2, 0) is 9.63 Å². The largest absolute Gasteiger partial charge is 0.296 e. The second-order valence-electron chi connectivity index (χ2n) is 3.38. The molecule has 4 heteroatoms. The molecular formula is C11H12N2O2. The zero-order valence-electron chi connectivity index (χ0n) is 8.73. The van der Waals surface area contributed by atoms with E-state index in [1.54, 1.807) is 12.2 Å². The van der Waals surface area contributed by atoms with Crippen molar-refractivity contribution in [2.24, 2.45) is 4.99 Å². The topological polar surface area (TPSA) is 41.9 Å². The number of aldehydes is 1. The molecule has 1 aromatic rings. The Morgan fingerprint density at radius 2 is 2.33 bits per heavy atom. The predicted octanol–water partition coefficient (Wildman–Crippen LogP) is 1.65. The Bertz CT molecular complexity index is 427. The normalized spacial score (nSPS) is 14.5. The molecule has 78 valence electrons. The van der Waals surface area contributed by atoms with Crippen molar-refractivity contribution in [2.75, 3.05) is 18.7 Å². The quantitative estimate of drug-likeness (QED) is 0.688. The lowest BCUT2D eigenvalue weighted by Gasteiger charge is -2.27. The number of hydrogen-bond acceptors (Lipinski definition) is 4. The Kier molecular flexibility index (Phi) is 2.51. The van der Waals surface area contributed by atoms with Gasteiger partial charge >= 0.3 is 0 Å². The molecule has 1 heterocycles. The van der Waals surface area contributed by atoms with Crippen LogP contribution in [0.25, 0.3) is 0 Å². The maximum Gasteiger partial charge on any atom is 0.166 e. The van der Waals surface area contributed by atoms with Crippen molar-refractivity contribution in [1.29, 1.82) is 0 Å². The molecule has 0 aliphatic carbocycles. The lowest BCUT2D eigenvalue weighted by atomic mass is 10.1. The minimum atomic E-state index is 0.399. The highest BCUT2D eigenvalue weighted by molar-refractivity contribution is 6.31. The van der Waals surface area contributed by atoms with Crippen LogP contribution in [0.4, 0.5) is 11.4 Å². The lowest BCUT2D eigenvalue weighted by Crippen LogP contribution is -2.32. The Hall–Kier alpha value is -1.68. The first-order chi connectivity index (χ1) is 7.26. The molecule has 0 spiro atoms. The van der Waals surface area contributed by atoms with Gasteiger partial charge in [-0.05, 0) is 18.6 Å². The third-order valence-corrected chi connectivity index (χ3v) is 2.40. The summed E-state index contributed by atoms with van der Waals surface area (Å²) in [6.07, 6.45) is 0.765. The van der Waals surface area contributed by atoms with Gasteiger partial charge in [-0.1, -0.05) is 12.1 Å². The van der Waals surface area contributed by atoms with E-state index < -0.39 is 0 Å². The van der Waals surface area contributed by atoms with Crippen LogP contribution in [0.5, 0.6) is 0 Å². The third kappa shape index (κ3) is 1.64. The minimum absolute atomic E-state index is 0.399. The van der Waals surface area contributed by atoms with Crippen molar-refractivity contribution >= 4 is 23.4 Å². The number of hydroxylamine groups is 1. The van der Waals surface area contributed by atoms with Gasteiger partial charge in [-0.2, -0.15) is 0 Å². The van der Waals surface area contributed by atoms with E-state index in [2.05, 4.69) is 4.99 Å². The number of nitrogens with zero attached hydrogens (tertiary/aromatic N) is 2. The van der Waals surface area contributed by atoms with Gasteiger partial charge in [0.25, 0.3) is 0 Å². The van der Waals surface area contributed by atoms with Crippen molar-refractivity contribution in [3.05, 3.63) is 23.8 Å². The maximum absolute atomic E-state index is 10.7. The van der Waals surface area contributed by atoms with E-state index in [-0.39, 0.29) is 0 Å². The summed E-state index contributed by atoms with van der Waals surface area (Å²) in [6, 6.07) is 5.84. The highest BCUT2D eigenvalue weighted by Crippen LogP contribution is 2.34. The monoisotopic (exact) mass is 204 g/mol. The number of benzene rings is 1. The summed E-state index contributed by atoms with van der Waals surface area (Å²) < 4.78 is 0. The maximum atomic E-state index is 10.7. The van der Waals surface area contributed by atoms with Gasteiger partial charge in [0.15, 0.2) is 6.29 Å². The van der Waals surface area contributed by atoms with Crippen LogP contribution in [0, 0.1) is 6.92 Å². The van der Waals surface area contributed by atoms with Crippen molar-refractivity contribution in [3.63, 3.8) is 0 Å². The Morgan fingerprint density at radius 1 is 1.53 bits per heavy atom. The van der Waals surface area contributed by atoms with Gasteiger partial charge in [-0.3, -0.25) is 9.63 Å². The molecule has 1 aliphatic rings. The van der Waals surface area contributed by atoms with E-state index in [9.17, 15) is 4.79 Å². The standard InChI is InChI=1S/C11H12N2O2/c1-8-4-3-5-10-11(8)12-9(7-14)6-13(10)15-2/h3-5,7H,6H2,1-2H3. The summed E-state index contributed by atoms with van der Waals surface area (Å²) in [4.78, 5) is 20.2. The molecule has 0 saturated heterocycles. The number of para-hydroxylation sites is 1. The number of rotatable bonds is 2. The number of hydrogen-bond donors (Lipinski definition) is 0. The average molecular weight is 204 g/mol. The molecule has 0 unspecified atom stereocenters. The van der Waals surface area contributed by atoms with Crippen LogP contribution < -0.4 is 5.06 Å². The van der Waals surface area contributed by atoms with E-state index in [1.807, 2.05) is 25.1 Å². The molecule has 15 heavy (non-hydrogen) atoms. The van der Waals surface area contributed by atoms with Crippen LogP contribution in [-0.4, -0.2) is 25.7 Å². The summed E-state index contributed by atoms with van der Waals surface area (Å²) in [5, 5.41) is 1.67. The van der Waals surface area contributed by atoms with Gasteiger partial charge in [-0.25, -0.2) is 10.1 Å². The number of carbonyl (C=O) groups excluding carboxylic acids is 1. The van der Waals surface area contributed by atoms with Gasteiger partial charge in [-0.15, -0.1) is 0 Å². The van der Waals surface area contributed by atoms with E-state index in [1.165, 1.54) is 0 Å². The molecule has 0 aromatic heterocycles. The first-order valence-electron chi connectivity index (χ1n) is 4.70. The third-order valence-electron chi connectivity index (χ3n) is 2.40. The first-order valence-corrected chi connectivity index (χ1v) is 4.70. The van der Waals surface area contributed by atoms with Gasteiger partial charge in [0.1, 0.15) is 5.71 Å². The van der Waals surface area contributed by atoms with E-state index in [0.717, 1.165) is 23.2 Å². The van der Waals surface area contributed by atoms with Gasteiger partial charge in [0, 0.05) is 0 Å². The molecular weight excluding hydrogens is 192 g/mol. The number of fused-ring (bicyclic) bond motifs is 1. The molecule has 0 N–H and O–H groups in total. The minimum Gasteiger partial charge on any atom is -0.296 e. The molecule has 0 amide bonds. The van der Waals surface area contributed by atoms with Crippen molar-refractivity contribution in [2.45, 2.75) is 6.92 Å². The van der Waals surface area contributed by atoms with Crippen molar-refractivity contribution in [3.8, 4) is 0 Å². The highest BCUT2D eigenvalue weighted by Gasteiger charge is 2.19. The van der Waals surface area contributed by atoms with Crippen LogP contribution in [0.1, 0.15) is 5.56 Å². The SMILES string of the molecule is CON1CC(C=O)=Nc2c(C)cccc21. The number of aliphatic imine (C=N–C) groups is 1. The summed E-state index contributed by atoms with van der Waals surface area (Å²) in [7, 11) is 1.58. The van der Waals surface area contributed by atoms with Gasteiger partial charge in [0.05, 0.1) is 25.0 Å². The molecule has 0 fully saturated rings. The van der Waals surface area contributed by atoms with E-state index in [4.69, 9.17) is 4.84 Å². The predicted molar refractivity (Wildman–Crippen MR) is 58.7 cm³/mol. The molecule has 1 aromatic carbocycles. The fraction of sp³-hybridized carbons (Fsp3) is 0.273. The smallest absolute Gasteiger partial charge is 0.166 e. The Labute approximate surface area is 88.1 Å². The first kappa shape index (κ1) is 9.86. The van der Waals surface area contributed by atoms with Crippen LogP contribution in [0.3, 0.4) is 0 Å². The number of carbonyl (C=O) groups is 1. The second-order valence-corrected chi connectivity index (χ2v) is 3.38. The molecule has 0 saturated carbocycles. The van der Waals surface area contributed by atoms with Crippen LogP contribution >= 0.6 is 0 Å². The molecule has 0 radical (unpaired) electrons. The highest BCUT2D eigenvalue weighted by atomic mass is 16.7. The molecule has 2 rings (SSSR count). The fourth-order valence-corrected chi connectivity index (χ4v) is 1.63. The molecule has 1 aliphatic heterocycles. The summed E-state index contributed by atoms with van der Waals surface area (Å²) in [5.74, 6) is 0. The van der Waals surface area contributed by atoms with Crippen molar-refractivity contribution in [1.82, 2.24) is 0 Å². The number of aryl methyl sites for hydroxylation is 1. The fourth-order valence-electron chi connectivity index (χ4n) is 1.63. The summed E-state index contributed by atoms with van der Waals surface area (Å²) in [6.45, 7) is 2.36. The van der Waals surface area contributed by atoms with E-state index in [0.29, 0.717) is 12.3 Å². The Balaban J connectivity index is 2.57. The summed E-state index contributed by atoms with van der Waals surface area (Å²) >= 11 is 0. The van der Waals surface area contributed by atoms with Gasteiger partial charge in [0.2, 0.25) is 0 Å². The lowest BCUT2D eigenvalue weighted by molar-refractivity contribution is -0.102. The van der Waals surface area contributed by atoms with E-state index >= 15 is 0 Å². The average Bonchev–Trinajstić information content (AvgIpc) is 2.28. The molecule has 4 nitrogen and oxygen atoms in total. The summed E-state index contributed by atoms with van der Waals surface area (Å²) in [5.41, 5.74) is 3.24. The van der Waals surface area contributed by atoms with Gasteiger partial charge < -0.3 is 0 Å². The van der Waals surface area contributed by atoms with Crippen LogP contribution in [0.15, 0.2) is 23.2 Å². The van der Waals surface area contributed by atoms with Crippen LogP contribution in [0.2, 0.25) is 0 Å². The molecule has 0 bridgehead atoms.